The molecule has 88 valence electrons. The van der Waals surface area contributed by atoms with Gasteiger partial charge in [-0.1, -0.05) is 6.07 Å². The molecule has 0 spiro atoms. The molecule has 1 N–H and O–H groups in total. The number of esters is 1. The number of thiazole rings is 1. The smallest absolute Gasteiger partial charge is 0.356 e. The first-order chi connectivity index (χ1) is 8.22. The van der Waals surface area contributed by atoms with E-state index in [4.69, 9.17) is 17.0 Å². The minimum atomic E-state index is -0.402. The lowest BCUT2D eigenvalue weighted by molar-refractivity contribution is 0.0521. The van der Waals surface area contributed by atoms with Crippen LogP contribution in [0.15, 0.2) is 24.4 Å². The minimum Gasteiger partial charge on any atom is -0.461 e. The van der Waals surface area contributed by atoms with Crippen LogP contribution in [-0.2, 0) is 4.74 Å². The zero-order chi connectivity index (χ0) is 12.3. The molecule has 2 heterocycles. The van der Waals surface area contributed by atoms with Crippen LogP contribution in [0.5, 0.6) is 0 Å². The molecule has 0 saturated carbocycles. The summed E-state index contributed by atoms with van der Waals surface area (Å²) in [6.45, 7) is 2.09. The first-order valence-corrected chi connectivity index (χ1v) is 6.26. The minimum absolute atomic E-state index is 0.330. The van der Waals surface area contributed by atoms with Crippen molar-refractivity contribution in [1.82, 2.24) is 9.97 Å². The molecular weight excluding hydrogens is 256 g/mol. The number of nitrogens with one attached hydrogen (secondary N) is 1. The van der Waals surface area contributed by atoms with Crippen LogP contribution in [0.4, 0.5) is 0 Å². The molecule has 0 unspecified atom stereocenters. The zero-order valence-electron chi connectivity index (χ0n) is 9.10. The average molecular weight is 266 g/mol. The fourth-order valence-electron chi connectivity index (χ4n) is 1.35. The molecule has 17 heavy (non-hydrogen) atoms. The molecule has 0 aliphatic carbocycles. The van der Waals surface area contributed by atoms with Crippen LogP contribution in [0.1, 0.15) is 17.4 Å². The average Bonchev–Trinajstić information content (AvgIpc) is 2.73. The van der Waals surface area contributed by atoms with Crippen molar-refractivity contribution in [3.05, 3.63) is 34.0 Å². The molecule has 0 amide bonds. The van der Waals surface area contributed by atoms with Gasteiger partial charge in [0.15, 0.2) is 3.95 Å². The molecule has 4 nitrogen and oxygen atoms in total. The Kier molecular flexibility index (Phi) is 3.65. The van der Waals surface area contributed by atoms with E-state index in [0.717, 1.165) is 0 Å². The standard InChI is InChI=1S/C11H10N2O2S2/c1-2-15-10(14)8-9(17-11(16)13-8)7-5-3-4-6-12-7/h3-6H,2H2,1H3,(H,13,16). The Morgan fingerprint density at radius 3 is 3.06 bits per heavy atom. The second kappa shape index (κ2) is 5.20. The van der Waals surface area contributed by atoms with E-state index < -0.39 is 5.97 Å². The molecular formula is C11H10N2O2S2. The summed E-state index contributed by atoms with van der Waals surface area (Å²) in [5, 5.41) is 0. The Balaban J connectivity index is 2.48. The maximum atomic E-state index is 11.7. The normalized spacial score (nSPS) is 10.2. The number of ether oxygens (including phenoxy) is 1. The predicted molar refractivity (Wildman–Crippen MR) is 68.7 cm³/mol. The van der Waals surface area contributed by atoms with Crippen molar-refractivity contribution in [3.63, 3.8) is 0 Å². The monoisotopic (exact) mass is 266 g/mol. The summed E-state index contributed by atoms with van der Waals surface area (Å²) in [4.78, 5) is 19.5. The second-order valence-corrected chi connectivity index (χ2v) is 4.84. The summed E-state index contributed by atoms with van der Waals surface area (Å²) in [6.07, 6.45) is 1.67. The molecule has 0 atom stereocenters. The van der Waals surface area contributed by atoms with Gasteiger partial charge >= 0.3 is 5.97 Å². The number of H-pyrrole nitrogens is 1. The second-order valence-electron chi connectivity index (χ2n) is 3.15. The first kappa shape index (κ1) is 11.9. The van der Waals surface area contributed by atoms with E-state index >= 15 is 0 Å². The van der Waals surface area contributed by atoms with Gasteiger partial charge in [0.1, 0.15) is 5.69 Å². The Labute approximate surface area is 107 Å². The maximum Gasteiger partial charge on any atom is 0.356 e. The topological polar surface area (TPSA) is 55.0 Å². The Morgan fingerprint density at radius 1 is 1.59 bits per heavy atom. The van der Waals surface area contributed by atoms with Gasteiger partial charge < -0.3 is 9.72 Å². The highest BCUT2D eigenvalue weighted by atomic mass is 32.1. The van der Waals surface area contributed by atoms with Crippen LogP contribution in [0.25, 0.3) is 10.6 Å². The summed E-state index contributed by atoms with van der Waals surface area (Å²) in [5.41, 5.74) is 1.09. The lowest BCUT2D eigenvalue weighted by Gasteiger charge is -2.01. The van der Waals surface area contributed by atoms with Gasteiger partial charge in [-0.15, -0.1) is 11.3 Å². The van der Waals surface area contributed by atoms with Gasteiger partial charge in [0.25, 0.3) is 0 Å². The molecule has 0 fully saturated rings. The van der Waals surface area contributed by atoms with Gasteiger partial charge in [-0.25, -0.2) is 4.79 Å². The molecule has 6 heteroatoms. The SMILES string of the molecule is CCOC(=O)c1[nH]c(=S)sc1-c1ccccn1. The van der Waals surface area contributed by atoms with Gasteiger partial charge in [0.05, 0.1) is 17.2 Å². The number of aromatic nitrogens is 2. The van der Waals surface area contributed by atoms with Crippen molar-refractivity contribution >= 4 is 29.5 Å². The van der Waals surface area contributed by atoms with Crippen molar-refractivity contribution in [1.29, 1.82) is 0 Å². The third-order valence-electron chi connectivity index (χ3n) is 2.03. The number of rotatable bonds is 3. The van der Waals surface area contributed by atoms with Gasteiger partial charge in [-0.05, 0) is 31.3 Å². The highest BCUT2D eigenvalue weighted by Crippen LogP contribution is 2.27. The Hall–Kier alpha value is -1.53. The van der Waals surface area contributed by atoms with Crippen LogP contribution >= 0.6 is 23.6 Å². The van der Waals surface area contributed by atoms with Gasteiger partial charge in [-0.2, -0.15) is 0 Å². The summed E-state index contributed by atoms with van der Waals surface area (Å²) >= 11 is 6.37. The van der Waals surface area contributed by atoms with E-state index in [-0.39, 0.29) is 0 Å². The van der Waals surface area contributed by atoms with Gasteiger partial charge in [0, 0.05) is 6.20 Å². The van der Waals surface area contributed by atoms with Crippen molar-refractivity contribution in [2.24, 2.45) is 0 Å². The molecule has 2 aromatic heterocycles. The molecule has 0 radical (unpaired) electrons. The van der Waals surface area contributed by atoms with Crippen molar-refractivity contribution in [2.45, 2.75) is 6.92 Å². The highest BCUT2D eigenvalue weighted by molar-refractivity contribution is 7.73. The summed E-state index contributed by atoms with van der Waals surface area (Å²) < 4.78 is 5.50. The Morgan fingerprint density at radius 2 is 2.41 bits per heavy atom. The molecule has 2 rings (SSSR count). The zero-order valence-corrected chi connectivity index (χ0v) is 10.7. The van der Waals surface area contributed by atoms with Gasteiger partial charge in [0.2, 0.25) is 0 Å². The van der Waals surface area contributed by atoms with E-state index in [9.17, 15) is 4.79 Å². The van der Waals surface area contributed by atoms with Crippen LogP contribution in [0, 0.1) is 3.95 Å². The predicted octanol–water partition coefficient (Wildman–Crippen LogP) is 3.04. The van der Waals surface area contributed by atoms with Crippen LogP contribution in [0.3, 0.4) is 0 Å². The number of nitrogens with zero attached hydrogens (tertiary/aromatic N) is 1. The molecule has 0 saturated heterocycles. The van der Waals surface area contributed by atoms with E-state index in [1.165, 1.54) is 11.3 Å². The lowest BCUT2D eigenvalue weighted by atomic mass is 10.2. The molecule has 0 aromatic carbocycles. The van der Waals surface area contributed by atoms with E-state index in [0.29, 0.717) is 26.8 Å². The van der Waals surface area contributed by atoms with E-state index in [2.05, 4.69) is 9.97 Å². The Bertz CT molecular complexity index is 575. The molecule has 0 bridgehead atoms. The fraction of sp³-hybridized carbons (Fsp3) is 0.182. The number of hydrogen-bond acceptors (Lipinski definition) is 5. The quantitative estimate of drug-likeness (QED) is 0.685. The maximum absolute atomic E-state index is 11.7. The van der Waals surface area contributed by atoms with Crippen molar-refractivity contribution < 1.29 is 9.53 Å². The van der Waals surface area contributed by atoms with Gasteiger partial charge in [-0.3, -0.25) is 4.98 Å². The largest absolute Gasteiger partial charge is 0.461 e. The summed E-state index contributed by atoms with van der Waals surface area (Å²) in [7, 11) is 0. The van der Waals surface area contributed by atoms with Crippen molar-refractivity contribution in [2.75, 3.05) is 6.61 Å². The summed E-state index contributed by atoms with van der Waals surface area (Å²) in [5.74, 6) is -0.402. The highest BCUT2D eigenvalue weighted by Gasteiger charge is 2.17. The number of carbonyl (C=O) groups is 1. The molecule has 0 aliphatic heterocycles. The lowest BCUT2D eigenvalue weighted by Crippen LogP contribution is -2.06. The molecule has 2 aromatic rings. The van der Waals surface area contributed by atoms with Crippen LogP contribution in [0.2, 0.25) is 0 Å². The summed E-state index contributed by atoms with van der Waals surface area (Å²) in [6, 6.07) is 5.51. The number of aromatic amines is 1. The molecule has 0 aliphatic rings. The van der Waals surface area contributed by atoms with E-state index in [1.54, 1.807) is 13.1 Å². The fourth-order valence-corrected chi connectivity index (χ4v) is 2.50. The third-order valence-corrected chi connectivity index (χ3v) is 3.28. The van der Waals surface area contributed by atoms with Crippen LogP contribution in [-0.4, -0.2) is 22.5 Å². The third kappa shape index (κ3) is 2.59. The van der Waals surface area contributed by atoms with Crippen LogP contribution < -0.4 is 0 Å². The number of pyridine rings is 1. The van der Waals surface area contributed by atoms with Crippen molar-refractivity contribution in [3.8, 4) is 10.6 Å². The first-order valence-electron chi connectivity index (χ1n) is 5.04. The number of carbonyl (C=O) groups excluding carboxylic acids is 1. The van der Waals surface area contributed by atoms with E-state index in [1.807, 2.05) is 18.2 Å². The number of hydrogen-bond donors (Lipinski definition) is 1.